The third kappa shape index (κ3) is 1.98. The molecule has 7 nitrogen and oxygen atoms in total. The minimum absolute atomic E-state index is 0.0141. The largest absolute Gasteiger partial charge is 0.496 e. The van der Waals surface area contributed by atoms with Crippen molar-refractivity contribution in [3.8, 4) is 5.75 Å². The molecule has 0 aliphatic carbocycles. The molecule has 0 aromatic heterocycles. The van der Waals surface area contributed by atoms with Crippen molar-refractivity contribution in [2.24, 2.45) is 0 Å². The van der Waals surface area contributed by atoms with Crippen molar-refractivity contribution >= 4 is 11.4 Å². The van der Waals surface area contributed by atoms with Crippen LogP contribution in [0.5, 0.6) is 5.75 Å². The zero-order valence-corrected chi connectivity index (χ0v) is 10.1. The lowest BCUT2D eigenvalue weighted by atomic mass is 10.1. The predicted molar refractivity (Wildman–Crippen MR) is 63.7 cm³/mol. The lowest BCUT2D eigenvalue weighted by Crippen LogP contribution is -2.30. The molecule has 1 aromatic carbocycles. The molecule has 7 heteroatoms. The Morgan fingerprint density at radius 1 is 1.61 bits per heavy atom. The van der Waals surface area contributed by atoms with Crippen molar-refractivity contribution in [1.29, 1.82) is 0 Å². The van der Waals surface area contributed by atoms with Crippen LogP contribution in [0.4, 0.5) is 11.4 Å². The first kappa shape index (κ1) is 12.6. The average molecular weight is 254 g/mol. The molecule has 0 saturated heterocycles. The highest BCUT2D eigenvalue weighted by Gasteiger charge is 2.33. The highest BCUT2D eigenvalue weighted by Crippen LogP contribution is 2.40. The summed E-state index contributed by atoms with van der Waals surface area (Å²) in [4.78, 5) is 12.4. The number of rotatable bonds is 4. The second-order valence-electron chi connectivity index (χ2n) is 3.97. The van der Waals surface area contributed by atoms with E-state index in [1.807, 2.05) is 0 Å². The summed E-state index contributed by atoms with van der Waals surface area (Å²) in [6.07, 6.45) is -0.0250. The third-order valence-corrected chi connectivity index (χ3v) is 3.07. The Hall–Kier alpha value is -1.86. The van der Waals surface area contributed by atoms with Gasteiger partial charge in [0, 0.05) is 19.5 Å². The number of fused-ring (bicyclic) bond motifs is 1. The Labute approximate surface area is 104 Å². The minimum atomic E-state index is -0.434. The predicted octanol–water partition coefficient (Wildman–Crippen LogP) is 0.888. The number of nitro benzene ring substituents is 1. The summed E-state index contributed by atoms with van der Waals surface area (Å²) in [5.41, 5.74) is 1.31. The molecule has 0 fully saturated rings. The smallest absolute Gasteiger partial charge is 0.278 e. The number of hydrogen-bond donors (Lipinski definition) is 1. The number of benzene rings is 1. The Kier molecular flexibility index (Phi) is 3.35. The van der Waals surface area contributed by atoms with Gasteiger partial charge < -0.3 is 19.5 Å². The number of nitro groups is 1. The van der Waals surface area contributed by atoms with E-state index in [1.54, 1.807) is 18.0 Å². The van der Waals surface area contributed by atoms with Gasteiger partial charge in [-0.05, 0) is 0 Å². The Morgan fingerprint density at radius 2 is 2.33 bits per heavy atom. The Bertz CT molecular complexity index is 477. The monoisotopic (exact) mass is 254 g/mol. The lowest BCUT2D eigenvalue weighted by Gasteiger charge is -2.21. The number of methoxy groups -OCH3 is 1. The van der Waals surface area contributed by atoms with Gasteiger partial charge in [0.15, 0.2) is 0 Å². The van der Waals surface area contributed by atoms with Gasteiger partial charge in [-0.2, -0.15) is 0 Å². The van der Waals surface area contributed by atoms with Gasteiger partial charge in [-0.15, -0.1) is 0 Å². The van der Waals surface area contributed by atoms with Crippen LogP contribution >= 0.6 is 0 Å². The van der Waals surface area contributed by atoms with E-state index >= 15 is 0 Å². The summed E-state index contributed by atoms with van der Waals surface area (Å²) in [6.45, 7) is -0.423. The summed E-state index contributed by atoms with van der Waals surface area (Å²) < 4.78 is 10.2. The molecular formula is C11H14N2O5. The maximum absolute atomic E-state index is 11.0. The standard InChI is InChI=1S/C11H14N2O5/c1-12-9-3-7(17-2)4-10(13(15)16)8(9)5-11(12)18-6-14/h3-4,11,14H,5-6H2,1-2H3. The summed E-state index contributed by atoms with van der Waals surface area (Å²) in [5, 5.41) is 19.8. The summed E-state index contributed by atoms with van der Waals surface area (Å²) >= 11 is 0. The molecule has 1 aliphatic heterocycles. The molecule has 1 unspecified atom stereocenters. The van der Waals surface area contributed by atoms with Crippen LogP contribution in [-0.4, -0.2) is 37.2 Å². The highest BCUT2D eigenvalue weighted by atomic mass is 16.6. The van der Waals surface area contributed by atoms with Crippen molar-refractivity contribution in [1.82, 2.24) is 0 Å². The second kappa shape index (κ2) is 4.79. The summed E-state index contributed by atoms with van der Waals surface area (Å²) in [6, 6.07) is 3.12. The fourth-order valence-corrected chi connectivity index (χ4v) is 2.14. The zero-order chi connectivity index (χ0) is 13.3. The van der Waals surface area contributed by atoms with Gasteiger partial charge in [0.25, 0.3) is 5.69 Å². The average Bonchev–Trinajstić information content (AvgIpc) is 2.66. The van der Waals surface area contributed by atoms with Crippen LogP contribution < -0.4 is 9.64 Å². The molecule has 98 valence electrons. The van der Waals surface area contributed by atoms with E-state index in [2.05, 4.69) is 0 Å². The summed E-state index contributed by atoms with van der Waals surface area (Å²) in [7, 11) is 3.22. The van der Waals surface area contributed by atoms with E-state index in [4.69, 9.17) is 14.6 Å². The number of likely N-dealkylation sites (N-methyl/N-ethyl adjacent to an activating group) is 1. The van der Waals surface area contributed by atoms with Gasteiger partial charge in [-0.25, -0.2) is 0 Å². The number of aliphatic hydroxyl groups is 1. The molecule has 1 aromatic rings. The normalized spacial score (nSPS) is 17.7. The van der Waals surface area contributed by atoms with Crippen LogP contribution in [0.25, 0.3) is 0 Å². The SMILES string of the molecule is COc1cc2c(c([N+](=O)[O-])c1)CC(OCO)N2C. The molecule has 18 heavy (non-hydrogen) atoms. The molecule has 0 saturated carbocycles. The maximum atomic E-state index is 11.0. The van der Waals surface area contributed by atoms with E-state index in [9.17, 15) is 10.1 Å². The first-order chi connectivity index (χ1) is 8.58. The van der Waals surface area contributed by atoms with Gasteiger partial charge >= 0.3 is 0 Å². The van der Waals surface area contributed by atoms with Crippen LogP contribution in [0, 0.1) is 10.1 Å². The van der Waals surface area contributed by atoms with E-state index in [1.165, 1.54) is 13.2 Å². The van der Waals surface area contributed by atoms with Crippen LogP contribution in [0.3, 0.4) is 0 Å². The van der Waals surface area contributed by atoms with Crippen molar-refractivity contribution in [2.45, 2.75) is 12.6 Å². The topological polar surface area (TPSA) is 85.1 Å². The third-order valence-electron chi connectivity index (χ3n) is 3.07. The van der Waals surface area contributed by atoms with E-state index in [0.29, 0.717) is 23.4 Å². The molecule has 0 amide bonds. The number of aliphatic hydroxyl groups excluding tert-OH is 1. The quantitative estimate of drug-likeness (QED) is 0.488. The molecule has 1 atom stereocenters. The highest BCUT2D eigenvalue weighted by molar-refractivity contribution is 5.69. The first-order valence-electron chi connectivity index (χ1n) is 5.39. The lowest BCUT2D eigenvalue weighted by molar-refractivity contribution is -0.385. The van der Waals surface area contributed by atoms with E-state index in [-0.39, 0.29) is 5.69 Å². The number of ether oxygens (including phenoxy) is 2. The van der Waals surface area contributed by atoms with Gasteiger partial charge in [0.2, 0.25) is 0 Å². The minimum Gasteiger partial charge on any atom is -0.496 e. The van der Waals surface area contributed by atoms with Gasteiger partial charge in [-0.1, -0.05) is 0 Å². The van der Waals surface area contributed by atoms with E-state index < -0.39 is 17.9 Å². The molecular weight excluding hydrogens is 240 g/mol. The fourth-order valence-electron chi connectivity index (χ4n) is 2.14. The fraction of sp³-hybridized carbons (Fsp3) is 0.455. The van der Waals surface area contributed by atoms with Gasteiger partial charge in [0.05, 0.1) is 29.4 Å². The zero-order valence-electron chi connectivity index (χ0n) is 10.1. The number of hydrogen-bond acceptors (Lipinski definition) is 6. The molecule has 0 spiro atoms. The maximum Gasteiger partial charge on any atom is 0.278 e. The van der Waals surface area contributed by atoms with Crippen LogP contribution in [0.15, 0.2) is 12.1 Å². The molecule has 2 rings (SSSR count). The number of anilines is 1. The summed E-state index contributed by atoms with van der Waals surface area (Å²) in [5.74, 6) is 0.428. The number of nitrogens with zero attached hydrogens (tertiary/aromatic N) is 2. The van der Waals surface area contributed by atoms with Crippen LogP contribution in [0.1, 0.15) is 5.56 Å². The Morgan fingerprint density at radius 3 is 2.89 bits per heavy atom. The molecule has 0 radical (unpaired) electrons. The molecule has 0 bridgehead atoms. The van der Waals surface area contributed by atoms with Crippen LogP contribution in [-0.2, 0) is 11.2 Å². The molecule has 1 heterocycles. The van der Waals surface area contributed by atoms with Crippen molar-refractivity contribution < 1.29 is 19.5 Å². The van der Waals surface area contributed by atoms with Crippen molar-refractivity contribution in [3.63, 3.8) is 0 Å². The van der Waals surface area contributed by atoms with Gasteiger partial charge in [0.1, 0.15) is 18.8 Å². The second-order valence-corrected chi connectivity index (χ2v) is 3.97. The molecule has 1 N–H and O–H groups in total. The van der Waals surface area contributed by atoms with Crippen LogP contribution in [0.2, 0.25) is 0 Å². The van der Waals surface area contributed by atoms with E-state index in [0.717, 1.165) is 0 Å². The van der Waals surface area contributed by atoms with Gasteiger partial charge in [-0.3, -0.25) is 10.1 Å². The van der Waals surface area contributed by atoms with Crippen molar-refractivity contribution in [2.75, 3.05) is 25.9 Å². The van der Waals surface area contributed by atoms with Crippen molar-refractivity contribution in [3.05, 3.63) is 27.8 Å². The molecule has 1 aliphatic rings. The Balaban J connectivity index is 2.47. The first-order valence-corrected chi connectivity index (χ1v) is 5.39.